The number of anilines is 1. The molecule has 2 atom stereocenters. The molecule has 11 heteroatoms. The highest BCUT2D eigenvalue weighted by Gasteiger charge is 2.37. The first-order valence-corrected chi connectivity index (χ1v) is 15.7. The van der Waals surface area contributed by atoms with Crippen molar-refractivity contribution in [2.24, 2.45) is 17.8 Å². The second-order valence-electron chi connectivity index (χ2n) is 12.9. The van der Waals surface area contributed by atoms with E-state index in [4.69, 9.17) is 14.4 Å². The van der Waals surface area contributed by atoms with Crippen molar-refractivity contribution in [2.75, 3.05) is 25.5 Å². The van der Waals surface area contributed by atoms with Crippen molar-refractivity contribution in [3.8, 4) is 11.3 Å². The van der Waals surface area contributed by atoms with E-state index >= 15 is 0 Å². The molecule has 46 heavy (non-hydrogen) atoms. The maximum atomic E-state index is 13.3. The van der Waals surface area contributed by atoms with Gasteiger partial charge in [0.05, 0.1) is 23.2 Å². The number of halogens is 6. The number of aromatic nitrogens is 2. The molecule has 0 aliphatic heterocycles. The number of nitrogens with zero attached hydrogens (tertiary/aromatic N) is 3. The Hall–Kier alpha value is -3.60. The lowest BCUT2D eigenvalue weighted by Crippen LogP contribution is -2.27. The first-order valence-electron chi connectivity index (χ1n) is 15.7. The number of hydrogen-bond acceptors (Lipinski definition) is 5. The van der Waals surface area contributed by atoms with E-state index in [0.29, 0.717) is 42.2 Å². The van der Waals surface area contributed by atoms with Gasteiger partial charge in [0.2, 0.25) is 0 Å². The fourth-order valence-electron chi connectivity index (χ4n) is 6.40. The molecule has 0 bridgehead atoms. The molecule has 5 rings (SSSR count). The van der Waals surface area contributed by atoms with Gasteiger partial charge in [0.25, 0.3) is 0 Å². The molecule has 1 aliphatic rings. The molecule has 0 spiro atoms. The molecule has 1 unspecified atom stereocenters. The molecule has 1 aliphatic carbocycles. The van der Waals surface area contributed by atoms with Crippen LogP contribution in [-0.2, 0) is 18.9 Å². The summed E-state index contributed by atoms with van der Waals surface area (Å²) < 4.78 is 85.2. The minimum atomic E-state index is -4.91. The summed E-state index contributed by atoms with van der Waals surface area (Å²) in [5, 5.41) is 4.40. The molecule has 5 nitrogen and oxygen atoms in total. The van der Waals surface area contributed by atoms with E-state index in [1.165, 1.54) is 6.07 Å². The van der Waals surface area contributed by atoms with E-state index in [1.807, 2.05) is 37.2 Å². The summed E-state index contributed by atoms with van der Waals surface area (Å²) in [6, 6.07) is 12.6. The van der Waals surface area contributed by atoms with E-state index in [9.17, 15) is 26.3 Å². The summed E-state index contributed by atoms with van der Waals surface area (Å²) >= 11 is 0. The van der Waals surface area contributed by atoms with Crippen LogP contribution in [0.25, 0.3) is 22.2 Å². The van der Waals surface area contributed by atoms with Gasteiger partial charge in [-0.05, 0) is 86.0 Å². The predicted molar refractivity (Wildman–Crippen MR) is 167 cm³/mol. The van der Waals surface area contributed by atoms with Gasteiger partial charge in [-0.25, -0.2) is 9.97 Å². The van der Waals surface area contributed by atoms with Gasteiger partial charge in [0.1, 0.15) is 23.2 Å². The first kappa shape index (κ1) is 33.8. The Bertz CT molecular complexity index is 1590. The maximum Gasteiger partial charge on any atom is 0.416 e. The third kappa shape index (κ3) is 8.03. The Morgan fingerprint density at radius 3 is 2.11 bits per heavy atom. The standard InChI is InChI=1S/C35H40F6N4O/c1-21(22(2)32-43-30-8-6-5-7-29(30)33(44-32)45(3)4)15-23-9-11-24(12-10-23)19-42-20-28-13-14-31(46-28)25-16-26(34(36,37)38)18-27(17-25)35(39,40)41/h5-8,13-14,16-18,21-24,42H,9-12,15,19-20H2,1-4H3/t21-,22?,23?,24?/m1/s1. The van der Waals surface area contributed by atoms with Crippen LogP contribution in [0.5, 0.6) is 0 Å². The van der Waals surface area contributed by atoms with Crippen molar-refractivity contribution in [3.05, 3.63) is 77.3 Å². The summed E-state index contributed by atoms with van der Waals surface area (Å²) in [6.07, 6.45) is -4.28. The molecule has 2 aromatic heterocycles. The lowest BCUT2D eigenvalue weighted by atomic mass is 9.76. The van der Waals surface area contributed by atoms with Crippen molar-refractivity contribution in [1.82, 2.24) is 15.3 Å². The van der Waals surface area contributed by atoms with Crippen LogP contribution in [0.1, 0.15) is 74.6 Å². The Morgan fingerprint density at radius 1 is 0.848 bits per heavy atom. The predicted octanol–water partition coefficient (Wildman–Crippen LogP) is 9.72. The molecule has 1 saturated carbocycles. The van der Waals surface area contributed by atoms with Gasteiger partial charge in [-0.15, -0.1) is 0 Å². The monoisotopic (exact) mass is 646 g/mol. The van der Waals surface area contributed by atoms with Crippen molar-refractivity contribution in [2.45, 2.75) is 70.8 Å². The number of nitrogens with one attached hydrogen (secondary N) is 1. The number of alkyl halides is 6. The van der Waals surface area contributed by atoms with E-state index in [-0.39, 0.29) is 23.3 Å². The second-order valence-corrected chi connectivity index (χ2v) is 12.9. The smallest absolute Gasteiger partial charge is 0.416 e. The fourth-order valence-corrected chi connectivity index (χ4v) is 6.40. The second kappa shape index (κ2) is 13.6. The summed E-state index contributed by atoms with van der Waals surface area (Å²) in [4.78, 5) is 11.9. The maximum absolute atomic E-state index is 13.3. The molecule has 1 N–H and O–H groups in total. The largest absolute Gasteiger partial charge is 0.460 e. The van der Waals surface area contributed by atoms with Crippen LogP contribution >= 0.6 is 0 Å². The van der Waals surface area contributed by atoms with Gasteiger partial charge in [0.15, 0.2) is 0 Å². The minimum absolute atomic E-state index is 0.0377. The number of fused-ring (bicyclic) bond motifs is 1. The zero-order chi connectivity index (χ0) is 33.2. The lowest BCUT2D eigenvalue weighted by Gasteiger charge is -2.31. The summed E-state index contributed by atoms with van der Waals surface area (Å²) in [6.45, 7) is 5.59. The highest BCUT2D eigenvalue weighted by molar-refractivity contribution is 5.89. The summed E-state index contributed by atoms with van der Waals surface area (Å²) in [5.74, 6) is 3.99. The molecule has 0 radical (unpaired) electrons. The molecule has 1 fully saturated rings. The fraction of sp³-hybridized carbons (Fsp3) is 0.486. The minimum Gasteiger partial charge on any atom is -0.460 e. The van der Waals surface area contributed by atoms with Crippen molar-refractivity contribution in [3.63, 3.8) is 0 Å². The SMILES string of the molecule is CC(c1nc(N(C)C)c2ccccc2n1)[C@H](C)CC1CCC(CNCc2ccc(-c3cc(C(F)(F)F)cc(C(F)(F)F)c3)o2)CC1. The number of benzene rings is 2. The van der Waals surface area contributed by atoms with Gasteiger partial charge in [-0.3, -0.25) is 0 Å². The summed E-state index contributed by atoms with van der Waals surface area (Å²) in [5.41, 5.74) is -2.04. The van der Waals surface area contributed by atoms with Crippen LogP contribution in [-0.4, -0.2) is 30.6 Å². The molecule has 248 valence electrons. The molecule has 0 saturated heterocycles. The average molecular weight is 647 g/mol. The Labute approximate surface area is 265 Å². The third-order valence-electron chi connectivity index (χ3n) is 9.22. The highest BCUT2D eigenvalue weighted by Crippen LogP contribution is 2.40. The van der Waals surface area contributed by atoms with E-state index in [0.717, 1.165) is 61.2 Å². The van der Waals surface area contributed by atoms with Crippen LogP contribution < -0.4 is 10.2 Å². The van der Waals surface area contributed by atoms with Crippen LogP contribution in [0.4, 0.5) is 32.2 Å². The van der Waals surface area contributed by atoms with Gasteiger partial charge in [-0.2, -0.15) is 26.3 Å². The Balaban J connectivity index is 1.11. The summed E-state index contributed by atoms with van der Waals surface area (Å²) in [7, 11) is 4.01. The molecule has 0 amide bonds. The lowest BCUT2D eigenvalue weighted by molar-refractivity contribution is -0.143. The molecule has 4 aromatic rings. The molecular formula is C35H40F6N4O. The number of furan rings is 1. The zero-order valence-corrected chi connectivity index (χ0v) is 26.5. The van der Waals surface area contributed by atoms with Crippen molar-refractivity contribution < 1.29 is 30.8 Å². The van der Waals surface area contributed by atoms with Gasteiger partial charge in [0, 0.05) is 31.0 Å². The van der Waals surface area contributed by atoms with Gasteiger partial charge < -0.3 is 14.6 Å². The first-order chi connectivity index (χ1) is 21.7. The van der Waals surface area contributed by atoms with E-state index < -0.39 is 23.5 Å². The average Bonchev–Trinajstić information content (AvgIpc) is 3.49. The van der Waals surface area contributed by atoms with Gasteiger partial charge in [-0.1, -0.05) is 38.8 Å². The number of rotatable bonds is 10. The molecule has 2 aromatic carbocycles. The Morgan fingerprint density at radius 2 is 1.48 bits per heavy atom. The molecule has 2 heterocycles. The normalized spacial score (nSPS) is 18.9. The van der Waals surface area contributed by atoms with Crippen molar-refractivity contribution in [1.29, 1.82) is 0 Å². The van der Waals surface area contributed by atoms with Crippen molar-refractivity contribution >= 4 is 16.7 Å². The number of hydrogen-bond donors (Lipinski definition) is 1. The molecular weight excluding hydrogens is 606 g/mol. The van der Waals surface area contributed by atoms with Gasteiger partial charge >= 0.3 is 12.4 Å². The van der Waals surface area contributed by atoms with Crippen LogP contribution in [0.2, 0.25) is 0 Å². The zero-order valence-electron chi connectivity index (χ0n) is 26.5. The highest BCUT2D eigenvalue weighted by atomic mass is 19.4. The van der Waals surface area contributed by atoms with E-state index in [1.54, 1.807) is 6.07 Å². The van der Waals surface area contributed by atoms with E-state index in [2.05, 4.69) is 25.2 Å². The number of para-hydroxylation sites is 1. The Kier molecular flexibility index (Phi) is 10.0. The van der Waals surface area contributed by atoms with Crippen LogP contribution in [0.15, 0.2) is 59.0 Å². The van der Waals surface area contributed by atoms with Crippen LogP contribution in [0, 0.1) is 17.8 Å². The quantitative estimate of drug-likeness (QED) is 0.174. The topological polar surface area (TPSA) is 54.2 Å². The third-order valence-corrected chi connectivity index (χ3v) is 9.22. The van der Waals surface area contributed by atoms with Crippen LogP contribution in [0.3, 0.4) is 0 Å².